The molecule has 3 aromatic rings. The number of nitrogens with one attached hydrogen (secondary N) is 1. The molecule has 1 N–H and O–H groups in total. The minimum absolute atomic E-state index is 0.0270. The summed E-state index contributed by atoms with van der Waals surface area (Å²) in [5.41, 5.74) is 2.24. The lowest BCUT2D eigenvalue weighted by molar-refractivity contribution is -0.122. The smallest absolute Gasteiger partial charge is 0.240 e. The van der Waals surface area contributed by atoms with Crippen LogP contribution in [0.3, 0.4) is 0 Å². The number of aryl methyl sites for hydroxylation is 2. The fourth-order valence-electron chi connectivity index (χ4n) is 3.35. The van der Waals surface area contributed by atoms with Crippen molar-refractivity contribution in [2.45, 2.75) is 45.2 Å². The van der Waals surface area contributed by atoms with Gasteiger partial charge in [0.05, 0.1) is 11.7 Å². The number of carbonyl (C=O) groups is 1. The molecule has 1 aromatic carbocycles. The van der Waals surface area contributed by atoms with Gasteiger partial charge in [0.15, 0.2) is 0 Å². The predicted octanol–water partition coefficient (Wildman–Crippen LogP) is 3.76. The van der Waals surface area contributed by atoms with Crippen LogP contribution >= 0.6 is 11.3 Å². The van der Waals surface area contributed by atoms with Crippen LogP contribution < -0.4 is 5.32 Å². The van der Waals surface area contributed by atoms with Gasteiger partial charge in [0, 0.05) is 22.8 Å². The van der Waals surface area contributed by atoms with E-state index >= 15 is 0 Å². The van der Waals surface area contributed by atoms with Crippen molar-refractivity contribution in [1.82, 2.24) is 19.9 Å². The van der Waals surface area contributed by atoms with Crippen molar-refractivity contribution in [3.63, 3.8) is 0 Å². The van der Waals surface area contributed by atoms with Crippen LogP contribution in [0.1, 0.15) is 41.4 Å². The third-order valence-electron chi connectivity index (χ3n) is 4.67. The molecule has 6 heteroatoms. The monoisotopic (exact) mass is 366 g/mol. The Balaban J connectivity index is 1.43. The molecule has 0 bridgehead atoms. The zero-order valence-corrected chi connectivity index (χ0v) is 15.6. The van der Waals surface area contributed by atoms with Crippen molar-refractivity contribution in [1.29, 1.82) is 0 Å². The summed E-state index contributed by atoms with van der Waals surface area (Å²) < 4.78 is 1.88. The van der Waals surface area contributed by atoms with Crippen LogP contribution in [0.25, 0.3) is 11.4 Å². The van der Waals surface area contributed by atoms with E-state index in [9.17, 15) is 4.79 Å². The van der Waals surface area contributed by atoms with Gasteiger partial charge in [0.2, 0.25) is 5.91 Å². The zero-order chi connectivity index (χ0) is 17.9. The van der Waals surface area contributed by atoms with E-state index in [1.54, 1.807) is 17.5 Å². The second kappa shape index (κ2) is 7.41. The fraction of sp³-hybridized carbons (Fsp3) is 0.350. The van der Waals surface area contributed by atoms with Crippen molar-refractivity contribution >= 4 is 17.2 Å². The number of amides is 1. The van der Waals surface area contributed by atoms with Crippen LogP contribution in [0.5, 0.6) is 0 Å². The first-order valence-electron chi connectivity index (χ1n) is 9.05. The lowest BCUT2D eigenvalue weighted by atomic mass is 10.0. The first kappa shape index (κ1) is 17.0. The highest BCUT2D eigenvalue weighted by Crippen LogP contribution is 2.29. The Hall–Kier alpha value is -2.47. The highest BCUT2D eigenvalue weighted by Gasteiger charge is 2.20. The fourth-order valence-corrected chi connectivity index (χ4v) is 4.50. The first-order chi connectivity index (χ1) is 12.7. The minimum Gasteiger partial charge on any atom is -0.346 e. The van der Waals surface area contributed by atoms with E-state index < -0.39 is 0 Å². The maximum absolute atomic E-state index is 12.5. The third-order valence-corrected chi connectivity index (χ3v) is 6.01. The highest BCUT2D eigenvalue weighted by atomic mass is 32.1. The molecule has 1 aliphatic carbocycles. The van der Waals surface area contributed by atoms with Crippen molar-refractivity contribution in [2.75, 3.05) is 0 Å². The van der Waals surface area contributed by atoms with E-state index in [0.717, 1.165) is 29.2 Å². The van der Waals surface area contributed by atoms with Crippen LogP contribution in [0.15, 0.2) is 42.7 Å². The quantitative estimate of drug-likeness (QED) is 0.748. The summed E-state index contributed by atoms with van der Waals surface area (Å²) >= 11 is 1.75. The third kappa shape index (κ3) is 3.55. The zero-order valence-electron chi connectivity index (χ0n) is 14.8. The maximum Gasteiger partial charge on any atom is 0.240 e. The summed E-state index contributed by atoms with van der Waals surface area (Å²) in [6, 6.07) is 9.85. The van der Waals surface area contributed by atoms with Gasteiger partial charge in [0.25, 0.3) is 0 Å². The number of nitrogens with zero attached hydrogens (tertiary/aromatic N) is 3. The Labute approximate surface area is 157 Å². The number of fused-ring (bicyclic) bond motifs is 1. The molecule has 4 rings (SSSR count). The molecule has 1 aliphatic rings. The Morgan fingerprint density at radius 2 is 2.08 bits per heavy atom. The number of imidazole rings is 1. The number of hydrogen-bond acceptors (Lipinski definition) is 4. The van der Waals surface area contributed by atoms with Crippen LogP contribution in [-0.4, -0.2) is 20.4 Å². The van der Waals surface area contributed by atoms with E-state index in [4.69, 9.17) is 4.98 Å². The summed E-state index contributed by atoms with van der Waals surface area (Å²) in [6.45, 7) is 2.26. The summed E-state index contributed by atoms with van der Waals surface area (Å²) in [7, 11) is 0. The number of carbonyl (C=O) groups excluding carboxylic acids is 1. The maximum atomic E-state index is 12.5. The van der Waals surface area contributed by atoms with Gasteiger partial charge in [0.1, 0.15) is 17.4 Å². The summed E-state index contributed by atoms with van der Waals surface area (Å²) in [5.74, 6) is 0.777. The molecule has 0 fully saturated rings. The van der Waals surface area contributed by atoms with Crippen molar-refractivity contribution in [2.24, 2.45) is 0 Å². The molecule has 1 amide bonds. The van der Waals surface area contributed by atoms with Gasteiger partial charge in [-0.2, -0.15) is 0 Å². The van der Waals surface area contributed by atoms with E-state index in [1.807, 2.05) is 48.0 Å². The molecule has 0 saturated carbocycles. The molecule has 1 atom stereocenters. The lowest BCUT2D eigenvalue weighted by Crippen LogP contribution is -2.30. The van der Waals surface area contributed by atoms with Gasteiger partial charge < -0.3 is 9.88 Å². The second-order valence-electron chi connectivity index (χ2n) is 6.66. The van der Waals surface area contributed by atoms with Crippen molar-refractivity contribution in [3.05, 3.63) is 58.3 Å². The first-order valence-corrected chi connectivity index (χ1v) is 9.87. The second-order valence-corrected chi connectivity index (χ2v) is 7.78. The van der Waals surface area contributed by atoms with Gasteiger partial charge in [-0.1, -0.05) is 30.3 Å². The van der Waals surface area contributed by atoms with E-state index in [2.05, 4.69) is 10.3 Å². The number of benzene rings is 1. The molecule has 0 unspecified atom stereocenters. The number of thiazole rings is 1. The summed E-state index contributed by atoms with van der Waals surface area (Å²) in [6.07, 6.45) is 8.24. The Morgan fingerprint density at radius 3 is 2.88 bits per heavy atom. The summed E-state index contributed by atoms with van der Waals surface area (Å²) in [5, 5.41) is 4.10. The molecule has 2 heterocycles. The van der Waals surface area contributed by atoms with E-state index in [0.29, 0.717) is 0 Å². The normalized spacial score (nSPS) is 14.7. The lowest BCUT2D eigenvalue weighted by Gasteiger charge is -2.13. The molecule has 2 aromatic heterocycles. The van der Waals surface area contributed by atoms with Crippen LogP contribution in [-0.2, 0) is 24.2 Å². The van der Waals surface area contributed by atoms with Crippen LogP contribution in [0.4, 0.5) is 0 Å². The molecule has 134 valence electrons. The topological polar surface area (TPSA) is 59.8 Å². The van der Waals surface area contributed by atoms with E-state index in [1.165, 1.54) is 23.4 Å². The van der Waals surface area contributed by atoms with E-state index in [-0.39, 0.29) is 18.5 Å². The molecule has 0 radical (unpaired) electrons. The van der Waals surface area contributed by atoms with Gasteiger partial charge in [-0.05, 0) is 32.6 Å². The highest BCUT2D eigenvalue weighted by molar-refractivity contribution is 7.11. The van der Waals surface area contributed by atoms with Crippen molar-refractivity contribution in [3.8, 4) is 11.4 Å². The predicted molar refractivity (Wildman–Crippen MR) is 103 cm³/mol. The minimum atomic E-state index is -0.0678. The number of hydrogen-bond donors (Lipinski definition) is 1. The average molecular weight is 366 g/mol. The molecular formula is C20H22N4OS. The molecule has 0 saturated heterocycles. The molecular weight excluding hydrogens is 344 g/mol. The van der Waals surface area contributed by atoms with Gasteiger partial charge in [-0.3, -0.25) is 4.79 Å². The van der Waals surface area contributed by atoms with Gasteiger partial charge >= 0.3 is 0 Å². The SMILES string of the molecule is C[C@H](NC(=O)Cn1ccnc1-c1ccccc1)c1nc2c(s1)CCCC2. The molecule has 0 spiro atoms. The largest absolute Gasteiger partial charge is 0.346 e. The van der Waals surface area contributed by atoms with Crippen LogP contribution in [0.2, 0.25) is 0 Å². The molecule has 5 nitrogen and oxygen atoms in total. The van der Waals surface area contributed by atoms with Gasteiger partial charge in [-0.25, -0.2) is 9.97 Å². The Morgan fingerprint density at radius 1 is 1.27 bits per heavy atom. The number of aromatic nitrogens is 3. The standard InChI is InChI=1S/C20H22N4OS/c1-14(20-23-16-9-5-6-10-17(16)26-20)22-18(25)13-24-12-11-21-19(24)15-7-3-2-4-8-15/h2-4,7-8,11-12,14H,5-6,9-10,13H2,1H3,(H,22,25)/t14-/m0/s1. The molecule has 26 heavy (non-hydrogen) atoms. The Bertz CT molecular complexity index is 876. The van der Waals surface area contributed by atoms with Gasteiger partial charge in [-0.15, -0.1) is 11.3 Å². The Kier molecular flexibility index (Phi) is 4.84. The van der Waals surface area contributed by atoms with Crippen molar-refractivity contribution < 1.29 is 4.79 Å². The average Bonchev–Trinajstić information content (AvgIpc) is 3.29. The summed E-state index contributed by atoms with van der Waals surface area (Å²) in [4.78, 5) is 23.1. The van der Waals surface area contributed by atoms with Crippen LogP contribution in [0, 0.1) is 0 Å². The molecule has 0 aliphatic heterocycles. The number of rotatable bonds is 5.